The average molecular weight is 354 g/mol. The normalized spacial score (nSPS) is 11.7. The van der Waals surface area contributed by atoms with Gasteiger partial charge in [0.25, 0.3) is 20.0 Å². The molecule has 2 aromatic rings. The van der Waals surface area contributed by atoms with Crippen molar-refractivity contribution in [3.8, 4) is 0 Å². The molecule has 2 rings (SSSR count). The van der Waals surface area contributed by atoms with E-state index in [2.05, 4.69) is 0 Å². The molecule has 7 nitrogen and oxygen atoms in total. The quantitative estimate of drug-likeness (QED) is 0.894. The number of hydrogen-bond acceptors (Lipinski definition) is 5. The number of rotatable bonds is 4. The molecular weight excluding hydrogens is 340 g/mol. The van der Waals surface area contributed by atoms with Crippen LogP contribution in [0.4, 0.5) is 4.79 Å². The minimum Gasteiger partial charge on any atom is -0.246 e. The predicted octanol–water partition coefficient (Wildman–Crippen LogP) is 1.41. The van der Waals surface area contributed by atoms with Gasteiger partial charge in [0, 0.05) is 7.05 Å². The summed E-state index contributed by atoms with van der Waals surface area (Å²) < 4.78 is 50.7. The fraction of sp³-hybridized carbons (Fsp3) is 0.0714. The van der Waals surface area contributed by atoms with Gasteiger partial charge in [-0.15, -0.1) is 0 Å². The maximum atomic E-state index is 12.3. The molecule has 0 aromatic heterocycles. The Balaban J connectivity index is 2.24. The van der Waals surface area contributed by atoms with E-state index in [0.717, 1.165) is 7.05 Å². The minimum absolute atomic E-state index is 0.116. The molecule has 0 radical (unpaired) electrons. The number of benzene rings is 2. The van der Waals surface area contributed by atoms with Crippen molar-refractivity contribution in [2.45, 2.75) is 9.79 Å². The number of nitrogens with zero attached hydrogens (tertiary/aromatic N) is 1. The lowest BCUT2D eigenvalue weighted by molar-refractivity contribution is 0.233. The topological polar surface area (TPSA) is 101 Å². The first kappa shape index (κ1) is 17.0. The van der Waals surface area contributed by atoms with Gasteiger partial charge in [-0.25, -0.2) is 30.7 Å². The van der Waals surface area contributed by atoms with Crippen LogP contribution in [-0.2, 0) is 20.0 Å². The van der Waals surface area contributed by atoms with Crippen molar-refractivity contribution in [3.63, 3.8) is 0 Å². The van der Waals surface area contributed by atoms with E-state index in [9.17, 15) is 21.6 Å². The zero-order valence-corrected chi connectivity index (χ0v) is 13.7. The summed E-state index contributed by atoms with van der Waals surface area (Å²) in [5.41, 5.74) is 0. The number of amides is 2. The summed E-state index contributed by atoms with van der Waals surface area (Å²) in [5, 5.41) is 0. The van der Waals surface area contributed by atoms with Crippen LogP contribution in [0.5, 0.6) is 0 Å². The van der Waals surface area contributed by atoms with E-state index in [1.807, 2.05) is 0 Å². The molecule has 0 heterocycles. The molecule has 1 N–H and O–H groups in total. The number of nitrogens with one attached hydrogen (secondary N) is 1. The van der Waals surface area contributed by atoms with Crippen LogP contribution in [0.25, 0.3) is 0 Å². The second-order valence-corrected chi connectivity index (χ2v) is 8.16. The van der Waals surface area contributed by atoms with Crippen molar-refractivity contribution < 1.29 is 21.6 Å². The van der Waals surface area contributed by atoms with E-state index in [0.29, 0.717) is 4.31 Å². The predicted molar refractivity (Wildman–Crippen MR) is 83.6 cm³/mol. The molecule has 9 heteroatoms. The number of hydrogen-bond donors (Lipinski definition) is 1. The van der Waals surface area contributed by atoms with Gasteiger partial charge in [-0.05, 0) is 24.3 Å². The van der Waals surface area contributed by atoms with E-state index in [1.54, 1.807) is 16.9 Å². The van der Waals surface area contributed by atoms with Crippen LogP contribution in [0, 0.1) is 0 Å². The van der Waals surface area contributed by atoms with Gasteiger partial charge in [-0.3, -0.25) is 0 Å². The van der Waals surface area contributed by atoms with Gasteiger partial charge in [-0.1, -0.05) is 36.4 Å². The second kappa shape index (κ2) is 6.39. The molecule has 0 atom stereocenters. The monoisotopic (exact) mass is 354 g/mol. The average Bonchev–Trinajstić information content (AvgIpc) is 2.55. The molecule has 122 valence electrons. The Morgan fingerprint density at radius 2 is 1.26 bits per heavy atom. The molecule has 0 saturated heterocycles. The van der Waals surface area contributed by atoms with Crippen LogP contribution >= 0.6 is 0 Å². The maximum absolute atomic E-state index is 12.3. The van der Waals surface area contributed by atoms with E-state index in [4.69, 9.17) is 0 Å². The summed E-state index contributed by atoms with van der Waals surface area (Å²) in [7, 11) is -7.30. The van der Waals surface area contributed by atoms with Crippen molar-refractivity contribution in [1.82, 2.24) is 9.03 Å². The number of carbonyl (C=O) groups excluding carboxylic acids is 1. The molecular formula is C14H14N2O5S2. The highest BCUT2D eigenvalue weighted by Crippen LogP contribution is 2.14. The zero-order valence-electron chi connectivity index (χ0n) is 12.1. The smallest absolute Gasteiger partial charge is 0.246 e. The summed E-state index contributed by atoms with van der Waals surface area (Å²) in [5.74, 6) is 0. The van der Waals surface area contributed by atoms with Gasteiger partial charge in [0.2, 0.25) is 0 Å². The van der Waals surface area contributed by atoms with Gasteiger partial charge in [0.1, 0.15) is 0 Å². The Morgan fingerprint density at radius 1 is 0.826 bits per heavy atom. The van der Waals surface area contributed by atoms with Crippen LogP contribution in [-0.4, -0.2) is 34.2 Å². The Hall–Kier alpha value is -2.39. The van der Waals surface area contributed by atoms with E-state index >= 15 is 0 Å². The van der Waals surface area contributed by atoms with Crippen molar-refractivity contribution in [2.24, 2.45) is 0 Å². The number of urea groups is 1. The summed E-state index contributed by atoms with van der Waals surface area (Å²) in [6.45, 7) is 0. The van der Waals surface area contributed by atoms with Gasteiger partial charge < -0.3 is 0 Å². The largest absolute Gasteiger partial charge is 0.344 e. The van der Waals surface area contributed by atoms with E-state index in [1.165, 1.54) is 48.5 Å². The summed E-state index contributed by atoms with van der Waals surface area (Å²) in [4.78, 5) is 11.8. The van der Waals surface area contributed by atoms with Crippen molar-refractivity contribution in [3.05, 3.63) is 60.7 Å². The van der Waals surface area contributed by atoms with Crippen molar-refractivity contribution in [2.75, 3.05) is 7.05 Å². The molecule has 0 saturated carbocycles. The standard InChI is InChI=1S/C14H14N2O5S2/c1-16(23(20,21)13-10-6-3-7-11-13)14(17)15-22(18,19)12-8-4-2-5-9-12/h2-11H,1H3,(H,15,17). The van der Waals surface area contributed by atoms with E-state index in [-0.39, 0.29) is 9.79 Å². The third-order valence-corrected chi connectivity index (χ3v) is 6.05. The molecule has 23 heavy (non-hydrogen) atoms. The van der Waals surface area contributed by atoms with Crippen LogP contribution in [0.15, 0.2) is 70.5 Å². The Labute approximate surface area is 134 Å². The number of carbonyl (C=O) groups is 1. The summed E-state index contributed by atoms with van der Waals surface area (Å²) >= 11 is 0. The highest BCUT2D eigenvalue weighted by molar-refractivity contribution is 7.91. The molecule has 0 fully saturated rings. The first-order valence-electron chi connectivity index (χ1n) is 6.41. The lowest BCUT2D eigenvalue weighted by Crippen LogP contribution is -2.43. The van der Waals surface area contributed by atoms with Crippen molar-refractivity contribution in [1.29, 1.82) is 0 Å². The van der Waals surface area contributed by atoms with Gasteiger partial charge in [-0.2, -0.15) is 0 Å². The molecule has 0 aliphatic heterocycles. The maximum Gasteiger partial charge on any atom is 0.344 e. The molecule has 0 aliphatic carbocycles. The molecule has 2 amide bonds. The molecule has 0 spiro atoms. The Morgan fingerprint density at radius 3 is 1.74 bits per heavy atom. The lowest BCUT2D eigenvalue weighted by Gasteiger charge is -2.18. The lowest BCUT2D eigenvalue weighted by atomic mass is 10.4. The zero-order chi connectivity index (χ0) is 17.1. The van der Waals surface area contributed by atoms with Crippen LogP contribution < -0.4 is 4.72 Å². The minimum atomic E-state index is -4.15. The first-order valence-corrected chi connectivity index (χ1v) is 9.33. The molecule has 0 aliphatic rings. The van der Waals surface area contributed by atoms with Crippen molar-refractivity contribution >= 4 is 26.1 Å². The van der Waals surface area contributed by atoms with Gasteiger partial charge >= 0.3 is 6.03 Å². The molecule has 0 bridgehead atoms. The highest BCUT2D eigenvalue weighted by Gasteiger charge is 2.28. The van der Waals surface area contributed by atoms with Crippen LogP contribution in [0.1, 0.15) is 0 Å². The van der Waals surface area contributed by atoms with Crippen LogP contribution in [0.3, 0.4) is 0 Å². The SMILES string of the molecule is CN(C(=O)NS(=O)(=O)c1ccccc1)S(=O)(=O)c1ccccc1. The fourth-order valence-corrected chi connectivity index (χ4v) is 3.84. The van der Waals surface area contributed by atoms with Crippen LogP contribution in [0.2, 0.25) is 0 Å². The molecule has 0 unspecified atom stereocenters. The van der Waals surface area contributed by atoms with E-state index < -0.39 is 26.1 Å². The molecule has 2 aromatic carbocycles. The highest BCUT2D eigenvalue weighted by atomic mass is 32.2. The third kappa shape index (κ3) is 3.69. The second-order valence-electron chi connectivity index (χ2n) is 4.51. The summed E-state index contributed by atoms with van der Waals surface area (Å²) in [6.07, 6.45) is 0. The Bertz CT molecular complexity index is 895. The Kier molecular flexibility index (Phi) is 4.71. The summed E-state index contributed by atoms with van der Waals surface area (Å²) in [6, 6.07) is 13.2. The number of sulfonamides is 2. The van der Waals surface area contributed by atoms with Gasteiger partial charge in [0.15, 0.2) is 0 Å². The first-order chi connectivity index (χ1) is 10.7. The fourth-order valence-electron chi connectivity index (χ4n) is 1.70. The van der Waals surface area contributed by atoms with Gasteiger partial charge in [0.05, 0.1) is 9.79 Å². The third-order valence-electron chi connectivity index (χ3n) is 2.96.